The maximum atomic E-state index is 8.20. The second-order valence-electron chi connectivity index (χ2n) is 4.62. The first kappa shape index (κ1) is 15.5. The van der Waals surface area contributed by atoms with Crippen LogP contribution in [0, 0.1) is 0 Å². The molecule has 0 amide bonds. The lowest BCUT2D eigenvalue weighted by molar-refractivity contribution is 0.320. The van der Waals surface area contributed by atoms with Crippen molar-refractivity contribution in [2.45, 2.75) is 84.0 Å². The quantitative estimate of drug-likeness (QED) is 0.213. The highest BCUT2D eigenvalue weighted by molar-refractivity contribution is 5.55. The fourth-order valence-corrected chi connectivity index (χ4v) is 1.96. The summed E-state index contributed by atoms with van der Waals surface area (Å²) < 4.78 is 0. The van der Waals surface area contributed by atoms with Crippen LogP contribution in [0.1, 0.15) is 84.0 Å². The molecule has 16 heavy (non-hydrogen) atoms. The van der Waals surface area contributed by atoms with Gasteiger partial charge >= 0.3 is 0 Å². The van der Waals surface area contributed by atoms with Gasteiger partial charge in [-0.15, -0.1) is 5.16 Å². The Balaban J connectivity index is 2.88. The summed E-state index contributed by atoms with van der Waals surface area (Å²) in [4.78, 5) is 0. The van der Waals surface area contributed by atoms with Crippen molar-refractivity contribution in [2.24, 2.45) is 5.16 Å². The van der Waals surface area contributed by atoms with Gasteiger partial charge in [-0.3, -0.25) is 0 Å². The van der Waals surface area contributed by atoms with E-state index in [-0.39, 0.29) is 0 Å². The Labute approximate surface area is 101 Å². The van der Waals surface area contributed by atoms with Gasteiger partial charge in [0, 0.05) is 6.21 Å². The first-order chi connectivity index (χ1) is 7.91. The van der Waals surface area contributed by atoms with Crippen LogP contribution in [0.2, 0.25) is 0 Å². The SMILES string of the molecule is CCCCCCCCCCCCCC=NO. The van der Waals surface area contributed by atoms with Gasteiger partial charge in [0.2, 0.25) is 0 Å². The lowest BCUT2D eigenvalue weighted by Crippen LogP contribution is -1.83. The summed E-state index contributed by atoms with van der Waals surface area (Å²) in [6, 6.07) is 0. The van der Waals surface area contributed by atoms with Crippen LogP contribution in [-0.4, -0.2) is 11.4 Å². The first-order valence-corrected chi connectivity index (χ1v) is 7.07. The van der Waals surface area contributed by atoms with Gasteiger partial charge in [-0.05, 0) is 12.8 Å². The van der Waals surface area contributed by atoms with Crippen molar-refractivity contribution in [3.05, 3.63) is 0 Å². The summed E-state index contributed by atoms with van der Waals surface area (Å²) in [5.74, 6) is 0. The molecule has 0 saturated heterocycles. The van der Waals surface area contributed by atoms with Crippen molar-refractivity contribution < 1.29 is 5.21 Å². The molecule has 0 unspecified atom stereocenters. The predicted molar refractivity (Wildman–Crippen MR) is 71.4 cm³/mol. The van der Waals surface area contributed by atoms with Crippen LogP contribution >= 0.6 is 0 Å². The van der Waals surface area contributed by atoms with Crippen molar-refractivity contribution in [2.75, 3.05) is 0 Å². The Morgan fingerprint density at radius 3 is 1.62 bits per heavy atom. The van der Waals surface area contributed by atoms with E-state index in [0.29, 0.717) is 0 Å². The van der Waals surface area contributed by atoms with E-state index in [1.54, 1.807) is 6.21 Å². The minimum Gasteiger partial charge on any atom is -0.411 e. The molecule has 0 spiro atoms. The molecule has 0 atom stereocenters. The molecule has 0 radical (unpaired) electrons. The Hall–Kier alpha value is -0.530. The second kappa shape index (κ2) is 14.5. The summed E-state index contributed by atoms with van der Waals surface area (Å²) in [5.41, 5.74) is 0. The smallest absolute Gasteiger partial charge is 0.0435 e. The van der Waals surface area contributed by atoms with E-state index in [4.69, 9.17) is 5.21 Å². The summed E-state index contributed by atoms with van der Waals surface area (Å²) >= 11 is 0. The van der Waals surface area contributed by atoms with E-state index < -0.39 is 0 Å². The fraction of sp³-hybridized carbons (Fsp3) is 0.929. The van der Waals surface area contributed by atoms with Crippen molar-refractivity contribution in [1.82, 2.24) is 0 Å². The molecular formula is C14H29NO. The minimum atomic E-state index is 0.924. The molecule has 0 aromatic rings. The van der Waals surface area contributed by atoms with Crippen LogP contribution in [0.4, 0.5) is 0 Å². The Morgan fingerprint density at radius 1 is 0.750 bits per heavy atom. The number of nitrogens with zero attached hydrogens (tertiary/aromatic N) is 1. The summed E-state index contributed by atoms with van der Waals surface area (Å²) in [7, 11) is 0. The number of rotatable bonds is 12. The van der Waals surface area contributed by atoms with Gasteiger partial charge in [0.15, 0.2) is 0 Å². The number of hydrogen-bond donors (Lipinski definition) is 1. The molecule has 0 heterocycles. The average molecular weight is 227 g/mol. The lowest BCUT2D eigenvalue weighted by Gasteiger charge is -2.01. The third kappa shape index (κ3) is 13.5. The molecule has 0 bridgehead atoms. The fourth-order valence-electron chi connectivity index (χ4n) is 1.96. The van der Waals surface area contributed by atoms with E-state index in [0.717, 1.165) is 6.42 Å². The summed E-state index contributed by atoms with van der Waals surface area (Å²) in [6.07, 6.45) is 17.5. The van der Waals surface area contributed by atoms with E-state index in [2.05, 4.69) is 12.1 Å². The normalized spacial score (nSPS) is 11.3. The van der Waals surface area contributed by atoms with Gasteiger partial charge in [-0.2, -0.15) is 0 Å². The Morgan fingerprint density at radius 2 is 1.19 bits per heavy atom. The number of unbranched alkanes of at least 4 members (excludes halogenated alkanes) is 11. The zero-order chi connectivity index (χ0) is 11.9. The number of oxime groups is 1. The Kier molecular flexibility index (Phi) is 14.0. The predicted octanol–water partition coefficient (Wildman–Crippen LogP) is 5.15. The van der Waals surface area contributed by atoms with Crippen LogP contribution in [0.15, 0.2) is 5.16 Å². The maximum absolute atomic E-state index is 8.20. The molecule has 0 fully saturated rings. The van der Waals surface area contributed by atoms with Crippen LogP contribution in [0.5, 0.6) is 0 Å². The van der Waals surface area contributed by atoms with Crippen molar-refractivity contribution >= 4 is 6.21 Å². The molecule has 0 rings (SSSR count). The van der Waals surface area contributed by atoms with Gasteiger partial charge in [0.1, 0.15) is 0 Å². The van der Waals surface area contributed by atoms with E-state index >= 15 is 0 Å². The van der Waals surface area contributed by atoms with Gasteiger partial charge in [0.05, 0.1) is 0 Å². The third-order valence-electron chi connectivity index (χ3n) is 3.02. The zero-order valence-electron chi connectivity index (χ0n) is 11.0. The highest BCUT2D eigenvalue weighted by Gasteiger charge is 1.92. The molecular weight excluding hydrogens is 198 g/mol. The molecule has 0 aliphatic rings. The van der Waals surface area contributed by atoms with Crippen LogP contribution in [0.3, 0.4) is 0 Å². The zero-order valence-corrected chi connectivity index (χ0v) is 11.0. The first-order valence-electron chi connectivity index (χ1n) is 7.07. The van der Waals surface area contributed by atoms with Crippen LogP contribution < -0.4 is 0 Å². The van der Waals surface area contributed by atoms with E-state index in [1.807, 2.05) is 0 Å². The van der Waals surface area contributed by atoms with Crippen LogP contribution in [0.25, 0.3) is 0 Å². The molecule has 0 aliphatic heterocycles. The highest BCUT2D eigenvalue weighted by atomic mass is 16.4. The molecule has 0 aliphatic carbocycles. The molecule has 0 aromatic heterocycles. The third-order valence-corrected chi connectivity index (χ3v) is 3.02. The van der Waals surface area contributed by atoms with Crippen molar-refractivity contribution in [3.63, 3.8) is 0 Å². The minimum absolute atomic E-state index is 0.924. The highest BCUT2D eigenvalue weighted by Crippen LogP contribution is 2.11. The molecule has 0 saturated carbocycles. The summed E-state index contributed by atoms with van der Waals surface area (Å²) in [6.45, 7) is 2.27. The average Bonchev–Trinajstić information content (AvgIpc) is 2.31. The lowest BCUT2D eigenvalue weighted by atomic mass is 10.1. The van der Waals surface area contributed by atoms with E-state index in [1.165, 1.54) is 70.6 Å². The monoisotopic (exact) mass is 227 g/mol. The molecule has 2 heteroatoms. The molecule has 1 N–H and O–H groups in total. The Bertz CT molecular complexity index is 146. The maximum Gasteiger partial charge on any atom is 0.0435 e. The molecule has 2 nitrogen and oxygen atoms in total. The topological polar surface area (TPSA) is 32.6 Å². The molecule has 0 aromatic carbocycles. The number of hydrogen-bond acceptors (Lipinski definition) is 2. The second-order valence-corrected chi connectivity index (χ2v) is 4.62. The summed E-state index contributed by atoms with van der Waals surface area (Å²) in [5, 5.41) is 11.2. The van der Waals surface area contributed by atoms with Crippen LogP contribution in [-0.2, 0) is 0 Å². The van der Waals surface area contributed by atoms with Gasteiger partial charge < -0.3 is 5.21 Å². The molecule has 96 valence electrons. The van der Waals surface area contributed by atoms with Crippen molar-refractivity contribution in [1.29, 1.82) is 0 Å². The standard InChI is InChI=1S/C14H29NO/c1-2-3-4-5-6-7-8-9-10-11-12-13-14-15-16/h14,16H,2-13H2,1H3. The van der Waals surface area contributed by atoms with E-state index in [9.17, 15) is 0 Å². The van der Waals surface area contributed by atoms with Gasteiger partial charge in [-0.25, -0.2) is 0 Å². The van der Waals surface area contributed by atoms with Gasteiger partial charge in [0.25, 0.3) is 0 Å². The van der Waals surface area contributed by atoms with Crippen molar-refractivity contribution in [3.8, 4) is 0 Å². The van der Waals surface area contributed by atoms with Gasteiger partial charge in [-0.1, -0.05) is 71.1 Å². The largest absolute Gasteiger partial charge is 0.411 e.